The van der Waals surface area contributed by atoms with Crippen molar-refractivity contribution in [2.75, 3.05) is 13.7 Å². The Bertz CT molecular complexity index is 944. The van der Waals surface area contributed by atoms with Crippen LogP contribution in [0.1, 0.15) is 44.1 Å². The first kappa shape index (κ1) is 19.3. The molecular formula is C23H26N2O4. The summed E-state index contributed by atoms with van der Waals surface area (Å²) in [6.07, 6.45) is 1.87. The van der Waals surface area contributed by atoms with Gasteiger partial charge in [-0.25, -0.2) is 4.79 Å². The first-order valence-electron chi connectivity index (χ1n) is 9.93. The van der Waals surface area contributed by atoms with Gasteiger partial charge in [-0.3, -0.25) is 4.79 Å². The molecule has 2 aliphatic heterocycles. The molecule has 0 saturated carbocycles. The van der Waals surface area contributed by atoms with Crippen molar-refractivity contribution in [1.82, 2.24) is 10.6 Å². The highest BCUT2D eigenvalue weighted by molar-refractivity contribution is 6.01. The Balaban J connectivity index is 1.50. The lowest BCUT2D eigenvalue weighted by Crippen LogP contribution is -2.32. The normalized spacial score (nSPS) is 24.1. The van der Waals surface area contributed by atoms with Gasteiger partial charge in [-0.15, -0.1) is 0 Å². The number of carbonyl (C=O) groups is 2. The highest BCUT2D eigenvalue weighted by Crippen LogP contribution is 2.41. The average molecular weight is 394 g/mol. The fraction of sp³-hybridized carbons (Fsp3) is 0.391. The van der Waals surface area contributed by atoms with Crippen molar-refractivity contribution in [3.63, 3.8) is 0 Å². The van der Waals surface area contributed by atoms with E-state index in [4.69, 9.17) is 9.47 Å². The van der Waals surface area contributed by atoms with Crippen molar-refractivity contribution < 1.29 is 19.1 Å². The number of dihydropyridines is 1. The topological polar surface area (TPSA) is 76.7 Å². The predicted octanol–water partition coefficient (Wildman–Crippen LogP) is 3.08. The van der Waals surface area contributed by atoms with Crippen LogP contribution < -0.4 is 15.4 Å². The van der Waals surface area contributed by atoms with Crippen LogP contribution in [0.25, 0.3) is 0 Å². The van der Waals surface area contributed by atoms with Crippen LogP contribution in [-0.4, -0.2) is 31.5 Å². The number of hydrogen-bond donors (Lipinski definition) is 2. The second kappa shape index (κ2) is 7.78. The zero-order valence-corrected chi connectivity index (χ0v) is 16.8. The molecule has 1 aliphatic carbocycles. The number of ether oxygens (including phenoxy) is 2. The lowest BCUT2D eigenvalue weighted by atomic mass is 9.78. The minimum atomic E-state index is -0.359. The van der Waals surface area contributed by atoms with E-state index in [2.05, 4.69) is 17.2 Å². The summed E-state index contributed by atoms with van der Waals surface area (Å²) in [4.78, 5) is 25.6. The second-order valence-electron chi connectivity index (χ2n) is 7.85. The SMILES string of the molecule is C=C1C[C@H](OC(=O)C2=C(C)NC3=C(C2)C(=O)C[C@H](c2ccccc2OC)C3)CN1. The highest BCUT2D eigenvalue weighted by atomic mass is 16.5. The lowest BCUT2D eigenvalue weighted by molar-refractivity contribution is -0.143. The van der Waals surface area contributed by atoms with E-state index in [1.807, 2.05) is 31.2 Å². The third-order valence-electron chi connectivity index (χ3n) is 5.88. The van der Waals surface area contributed by atoms with Gasteiger partial charge in [-0.05, 0) is 25.0 Å². The van der Waals surface area contributed by atoms with Gasteiger partial charge in [0, 0.05) is 47.8 Å². The summed E-state index contributed by atoms with van der Waals surface area (Å²) in [6, 6.07) is 7.83. The smallest absolute Gasteiger partial charge is 0.336 e. The van der Waals surface area contributed by atoms with Gasteiger partial charge in [0.15, 0.2) is 5.78 Å². The molecular weight excluding hydrogens is 368 g/mol. The number of allylic oxidation sites excluding steroid dienone is 3. The molecule has 0 amide bonds. The van der Waals surface area contributed by atoms with Crippen molar-refractivity contribution >= 4 is 11.8 Å². The Morgan fingerprint density at radius 1 is 1.21 bits per heavy atom. The summed E-state index contributed by atoms with van der Waals surface area (Å²) >= 11 is 0. The van der Waals surface area contributed by atoms with Crippen LogP contribution in [0.15, 0.2) is 59.1 Å². The minimum Gasteiger partial charge on any atom is -0.496 e. The molecule has 6 heteroatoms. The van der Waals surface area contributed by atoms with Crippen molar-refractivity contribution in [2.45, 2.75) is 44.6 Å². The molecule has 0 aromatic heterocycles. The van der Waals surface area contributed by atoms with Gasteiger partial charge in [0.05, 0.1) is 19.2 Å². The van der Waals surface area contributed by atoms with Crippen LogP contribution in [0.5, 0.6) is 5.75 Å². The summed E-state index contributed by atoms with van der Waals surface area (Å²) in [5.74, 6) is 0.571. The summed E-state index contributed by atoms with van der Waals surface area (Å²) < 4.78 is 11.1. The first-order chi connectivity index (χ1) is 14.0. The largest absolute Gasteiger partial charge is 0.496 e. The molecule has 0 bridgehead atoms. The number of para-hydroxylation sites is 1. The molecule has 2 N–H and O–H groups in total. The van der Waals surface area contributed by atoms with Gasteiger partial charge < -0.3 is 20.1 Å². The monoisotopic (exact) mass is 394 g/mol. The van der Waals surface area contributed by atoms with Gasteiger partial charge in [0.25, 0.3) is 0 Å². The molecule has 1 aromatic carbocycles. The van der Waals surface area contributed by atoms with E-state index in [1.54, 1.807) is 7.11 Å². The van der Waals surface area contributed by atoms with E-state index in [0.29, 0.717) is 43.4 Å². The van der Waals surface area contributed by atoms with E-state index in [9.17, 15) is 9.59 Å². The lowest BCUT2D eigenvalue weighted by Gasteiger charge is -2.32. The van der Waals surface area contributed by atoms with Crippen LogP contribution in [0.2, 0.25) is 0 Å². The van der Waals surface area contributed by atoms with Gasteiger partial charge in [0.1, 0.15) is 11.9 Å². The maximum absolute atomic E-state index is 12.9. The molecule has 6 nitrogen and oxygen atoms in total. The molecule has 0 spiro atoms. The van der Waals surface area contributed by atoms with Gasteiger partial charge in [-0.2, -0.15) is 0 Å². The number of hydrogen-bond acceptors (Lipinski definition) is 6. The van der Waals surface area contributed by atoms with E-state index >= 15 is 0 Å². The third kappa shape index (κ3) is 3.79. The molecule has 2 heterocycles. The Morgan fingerprint density at radius 2 is 2.00 bits per heavy atom. The number of ketones is 1. The van der Waals surface area contributed by atoms with E-state index in [1.165, 1.54) is 0 Å². The zero-order chi connectivity index (χ0) is 20.5. The summed E-state index contributed by atoms with van der Waals surface area (Å²) in [7, 11) is 1.65. The van der Waals surface area contributed by atoms with Crippen LogP contribution in [-0.2, 0) is 14.3 Å². The average Bonchev–Trinajstić information content (AvgIpc) is 3.11. The van der Waals surface area contributed by atoms with Crippen molar-refractivity contribution in [3.05, 3.63) is 64.6 Å². The van der Waals surface area contributed by atoms with Crippen molar-refractivity contribution in [3.8, 4) is 5.75 Å². The summed E-state index contributed by atoms with van der Waals surface area (Å²) in [5, 5.41) is 6.41. The maximum Gasteiger partial charge on any atom is 0.336 e. The Labute approximate surface area is 170 Å². The molecule has 4 rings (SSSR count). The van der Waals surface area contributed by atoms with Gasteiger partial charge >= 0.3 is 5.97 Å². The number of carbonyl (C=O) groups excluding carboxylic acids is 2. The molecule has 0 unspecified atom stereocenters. The molecule has 1 fully saturated rings. The minimum absolute atomic E-state index is 0.0572. The van der Waals surface area contributed by atoms with Crippen LogP contribution in [0, 0.1) is 0 Å². The molecule has 2 atom stereocenters. The zero-order valence-electron chi connectivity index (χ0n) is 16.8. The van der Waals surface area contributed by atoms with E-state index < -0.39 is 0 Å². The van der Waals surface area contributed by atoms with Crippen LogP contribution >= 0.6 is 0 Å². The highest BCUT2D eigenvalue weighted by Gasteiger charge is 2.35. The Kier molecular flexibility index (Phi) is 5.18. The predicted molar refractivity (Wildman–Crippen MR) is 109 cm³/mol. The molecule has 0 radical (unpaired) electrons. The number of Topliss-reactive ketones (excluding diaryl/α,β-unsaturated/α-hetero) is 1. The third-order valence-corrected chi connectivity index (χ3v) is 5.88. The number of rotatable bonds is 4. The molecule has 152 valence electrons. The Hall–Kier alpha value is -3.02. The Morgan fingerprint density at radius 3 is 2.72 bits per heavy atom. The fourth-order valence-electron chi connectivity index (χ4n) is 4.33. The molecule has 1 aromatic rings. The second-order valence-corrected chi connectivity index (χ2v) is 7.85. The quantitative estimate of drug-likeness (QED) is 0.765. The fourth-order valence-corrected chi connectivity index (χ4v) is 4.33. The van der Waals surface area contributed by atoms with Crippen molar-refractivity contribution in [2.24, 2.45) is 0 Å². The number of benzene rings is 1. The van der Waals surface area contributed by atoms with E-state index in [-0.39, 0.29) is 23.8 Å². The van der Waals surface area contributed by atoms with Gasteiger partial charge in [-0.1, -0.05) is 24.8 Å². The number of esters is 1. The van der Waals surface area contributed by atoms with Crippen LogP contribution in [0.4, 0.5) is 0 Å². The van der Waals surface area contributed by atoms with Crippen molar-refractivity contribution in [1.29, 1.82) is 0 Å². The maximum atomic E-state index is 12.9. The van der Waals surface area contributed by atoms with Gasteiger partial charge in [0.2, 0.25) is 0 Å². The first-order valence-corrected chi connectivity index (χ1v) is 9.93. The summed E-state index contributed by atoms with van der Waals surface area (Å²) in [5.41, 5.74) is 4.81. The van der Waals surface area contributed by atoms with Crippen LogP contribution in [0.3, 0.4) is 0 Å². The standard InChI is InChI=1S/C23H26N2O4/c1-13-8-16(12-24-13)29-23(27)18-11-19-20(25-14(18)2)9-15(10-21(19)26)17-6-4-5-7-22(17)28-3/h4-7,15-16,24-25H,1,8-12H2,2-3H3/t15-,16+/m1/s1. The van der Waals surface area contributed by atoms with E-state index in [0.717, 1.165) is 28.4 Å². The molecule has 29 heavy (non-hydrogen) atoms. The number of nitrogens with one attached hydrogen (secondary N) is 2. The number of methoxy groups -OCH3 is 1. The summed E-state index contributed by atoms with van der Waals surface area (Å²) in [6.45, 7) is 6.31. The molecule has 1 saturated heterocycles. The molecule has 3 aliphatic rings.